The highest BCUT2D eigenvalue weighted by molar-refractivity contribution is 7.88. The van der Waals surface area contributed by atoms with Crippen LogP contribution in [-0.2, 0) is 10.8 Å². The molecule has 0 bridgehead atoms. The van der Waals surface area contributed by atoms with Crippen LogP contribution in [0.15, 0.2) is 35.2 Å². The van der Waals surface area contributed by atoms with Crippen molar-refractivity contribution in [1.82, 2.24) is 0 Å². The summed E-state index contributed by atoms with van der Waals surface area (Å²) in [7, 11) is -0.850. The minimum atomic E-state index is -0.850. The van der Waals surface area contributed by atoms with Gasteiger partial charge < -0.3 is 0 Å². The van der Waals surface area contributed by atoms with Gasteiger partial charge in [-0.25, -0.2) is 0 Å². The van der Waals surface area contributed by atoms with Crippen LogP contribution >= 0.6 is 0 Å². The van der Waals surface area contributed by atoms with Gasteiger partial charge in [0, 0.05) is 22.0 Å². The van der Waals surface area contributed by atoms with Crippen LogP contribution in [0.1, 0.15) is 12.5 Å². The molecule has 0 saturated carbocycles. The van der Waals surface area contributed by atoms with E-state index in [4.69, 9.17) is 0 Å². The zero-order valence-corrected chi connectivity index (χ0v) is 8.10. The number of hydrogen-bond donors (Lipinski definition) is 0. The van der Waals surface area contributed by atoms with Crippen molar-refractivity contribution in [2.75, 3.05) is 6.26 Å². The van der Waals surface area contributed by atoms with Crippen molar-refractivity contribution in [2.24, 2.45) is 0 Å². The molecule has 0 N–H and O–H groups in total. The van der Waals surface area contributed by atoms with Gasteiger partial charge >= 0.3 is 0 Å². The molecule has 1 aromatic rings. The average molecular weight is 180 g/mol. The smallest absolute Gasteiger partial charge is 0.0454 e. The third-order valence-electron chi connectivity index (χ3n) is 1.62. The van der Waals surface area contributed by atoms with Crippen molar-refractivity contribution in [3.05, 3.63) is 40.8 Å². The van der Waals surface area contributed by atoms with Crippen molar-refractivity contribution in [3.63, 3.8) is 0 Å². The van der Waals surface area contributed by atoms with Gasteiger partial charge in [-0.2, -0.15) is 0 Å². The summed E-state index contributed by atoms with van der Waals surface area (Å²) in [4.78, 5) is 0.904. The molecule has 0 aliphatic heterocycles. The van der Waals surface area contributed by atoms with E-state index in [-0.39, 0.29) is 0 Å². The number of allylic oxidation sites excluding steroid dienone is 1. The maximum Gasteiger partial charge on any atom is 0.0454 e. The van der Waals surface area contributed by atoms with E-state index in [0.29, 0.717) is 0 Å². The summed E-state index contributed by atoms with van der Waals surface area (Å²) in [5.41, 5.74) is 1.10. The van der Waals surface area contributed by atoms with Crippen molar-refractivity contribution in [2.45, 2.75) is 6.92 Å². The summed E-state index contributed by atoms with van der Waals surface area (Å²) in [6, 6.07) is 9.90. The van der Waals surface area contributed by atoms with Crippen LogP contribution in [-0.4, -0.2) is 10.5 Å². The Bertz CT molecular complexity index is 301. The lowest BCUT2D eigenvalue weighted by atomic mass is 10.2. The average Bonchev–Trinajstić information content (AvgIpc) is 2.06. The van der Waals surface area contributed by atoms with Gasteiger partial charge in [-0.05, 0) is 18.6 Å². The topological polar surface area (TPSA) is 17.1 Å². The summed E-state index contributed by atoms with van der Waals surface area (Å²) in [6.07, 6.45) is 3.63. The number of rotatable bonds is 2. The third-order valence-corrected chi connectivity index (χ3v) is 2.65. The van der Waals surface area contributed by atoms with Crippen molar-refractivity contribution >= 4 is 16.9 Å². The molecule has 0 aliphatic rings. The molecule has 64 valence electrons. The van der Waals surface area contributed by atoms with E-state index in [1.54, 1.807) is 6.26 Å². The van der Waals surface area contributed by atoms with Crippen molar-refractivity contribution < 1.29 is 4.21 Å². The summed E-state index contributed by atoms with van der Waals surface area (Å²) in [6.45, 7) is 1.88. The maximum absolute atomic E-state index is 11.0. The van der Waals surface area contributed by atoms with E-state index in [1.165, 1.54) is 0 Å². The molecule has 0 amide bonds. The standard InChI is InChI=1S/C10H12OS/c1-9(12(2)11)8-10-6-4-3-5-7-10/h3-8H,1-2H3/b9-8-. The highest BCUT2D eigenvalue weighted by Gasteiger charge is 1.93. The minimum Gasteiger partial charge on any atom is -0.255 e. The molecule has 12 heavy (non-hydrogen) atoms. The minimum absolute atomic E-state index is 0.850. The predicted octanol–water partition coefficient (Wildman–Crippen LogP) is 2.43. The molecular weight excluding hydrogens is 168 g/mol. The Hall–Kier alpha value is -0.890. The van der Waals surface area contributed by atoms with Gasteiger partial charge in [-0.1, -0.05) is 30.3 Å². The molecule has 0 aliphatic carbocycles. The molecule has 0 aromatic heterocycles. The first-order valence-electron chi connectivity index (χ1n) is 3.77. The fourth-order valence-electron chi connectivity index (χ4n) is 0.867. The van der Waals surface area contributed by atoms with Crippen LogP contribution in [0, 0.1) is 0 Å². The summed E-state index contributed by atoms with van der Waals surface area (Å²) < 4.78 is 11.0. The SMILES string of the molecule is C/C(=C/c1ccccc1)S(C)=O. The first-order valence-corrected chi connectivity index (χ1v) is 5.33. The van der Waals surface area contributed by atoms with Crippen LogP contribution in [0.5, 0.6) is 0 Å². The van der Waals surface area contributed by atoms with Crippen molar-refractivity contribution in [1.29, 1.82) is 0 Å². The molecule has 1 unspecified atom stereocenters. The van der Waals surface area contributed by atoms with E-state index in [2.05, 4.69) is 0 Å². The van der Waals surface area contributed by atoms with Gasteiger partial charge in [-0.3, -0.25) is 4.21 Å². The van der Waals surface area contributed by atoms with Crippen molar-refractivity contribution in [3.8, 4) is 0 Å². The Kier molecular flexibility index (Phi) is 3.23. The van der Waals surface area contributed by atoms with Crippen LogP contribution < -0.4 is 0 Å². The molecule has 0 radical (unpaired) electrons. The van der Waals surface area contributed by atoms with Crippen LogP contribution in [0.2, 0.25) is 0 Å². The Labute approximate surface area is 75.6 Å². The fraction of sp³-hybridized carbons (Fsp3) is 0.200. The van der Waals surface area contributed by atoms with Gasteiger partial charge in [0.1, 0.15) is 0 Å². The second-order valence-corrected chi connectivity index (χ2v) is 4.17. The molecule has 0 heterocycles. The second-order valence-electron chi connectivity index (χ2n) is 2.62. The van der Waals surface area contributed by atoms with Crippen LogP contribution in [0.3, 0.4) is 0 Å². The molecule has 0 saturated heterocycles. The number of hydrogen-bond acceptors (Lipinski definition) is 1. The summed E-state index contributed by atoms with van der Waals surface area (Å²) in [5, 5.41) is 0. The van der Waals surface area contributed by atoms with E-state index >= 15 is 0 Å². The summed E-state index contributed by atoms with van der Waals surface area (Å²) >= 11 is 0. The monoisotopic (exact) mass is 180 g/mol. The molecule has 1 atom stereocenters. The van der Waals surface area contributed by atoms with Gasteiger partial charge in [-0.15, -0.1) is 0 Å². The fourth-order valence-corrected chi connectivity index (χ4v) is 1.17. The van der Waals surface area contributed by atoms with Crippen LogP contribution in [0.4, 0.5) is 0 Å². The normalized spacial score (nSPS) is 14.3. The van der Waals surface area contributed by atoms with Crippen LogP contribution in [0.25, 0.3) is 6.08 Å². The molecule has 1 nitrogen and oxygen atoms in total. The van der Waals surface area contributed by atoms with Gasteiger partial charge in [0.15, 0.2) is 0 Å². The zero-order valence-electron chi connectivity index (χ0n) is 7.28. The van der Waals surface area contributed by atoms with E-state index < -0.39 is 10.8 Å². The first kappa shape index (κ1) is 9.20. The third kappa shape index (κ3) is 2.62. The largest absolute Gasteiger partial charge is 0.255 e. The van der Waals surface area contributed by atoms with Gasteiger partial charge in [0.2, 0.25) is 0 Å². The van der Waals surface area contributed by atoms with E-state index in [1.807, 2.05) is 43.3 Å². The molecule has 2 heteroatoms. The first-order chi connectivity index (χ1) is 5.70. The molecule has 0 fully saturated rings. The molecular formula is C10H12OS. The predicted molar refractivity (Wildman–Crippen MR) is 54.2 cm³/mol. The van der Waals surface area contributed by atoms with E-state index in [0.717, 1.165) is 10.5 Å². The molecule has 1 aromatic carbocycles. The molecule has 1 rings (SSSR count). The lowest BCUT2D eigenvalue weighted by Crippen LogP contribution is -1.85. The van der Waals surface area contributed by atoms with Gasteiger partial charge in [0.05, 0.1) is 0 Å². The Morgan fingerprint density at radius 1 is 1.33 bits per heavy atom. The lowest BCUT2D eigenvalue weighted by molar-refractivity contribution is 0.690. The second kappa shape index (κ2) is 4.21. The number of benzene rings is 1. The van der Waals surface area contributed by atoms with E-state index in [9.17, 15) is 4.21 Å². The maximum atomic E-state index is 11.0. The summed E-state index contributed by atoms with van der Waals surface area (Å²) in [5.74, 6) is 0. The lowest BCUT2D eigenvalue weighted by Gasteiger charge is -1.95. The van der Waals surface area contributed by atoms with Gasteiger partial charge in [0.25, 0.3) is 0 Å². The molecule has 0 spiro atoms. The zero-order chi connectivity index (χ0) is 8.97. The Balaban J connectivity index is 2.89. The Morgan fingerprint density at radius 3 is 2.42 bits per heavy atom. The Morgan fingerprint density at radius 2 is 1.92 bits per heavy atom. The highest BCUT2D eigenvalue weighted by Crippen LogP contribution is 2.07. The quantitative estimate of drug-likeness (QED) is 0.683. The highest BCUT2D eigenvalue weighted by atomic mass is 32.2.